The number of piperidine rings is 2. The molecular weight excluding hydrogens is 915 g/mol. The molecule has 374 valence electrons. The Hall–Kier alpha value is -7.18. The zero-order chi connectivity index (χ0) is 52.9. The average molecular weight is 979 g/mol. The van der Waals surface area contributed by atoms with Gasteiger partial charge in [0.2, 0.25) is 17.7 Å². The minimum absolute atomic E-state index is 0.0672. The SMILES string of the molecule is [2H]C([2H])([2H])Oc1ncc(-c2ccnc(N3CCn4c(cc5c4CC(C)(C)C5)C3=O)c2C(C)(C)O)cc1Nc1ccc(N2CCN(C3CCN(c4ccc5c(c4)C(=O)N(C4CCC(=O)NC4=O)C5=O)CC3)C[C@@H]2C)cn1. The van der Waals surface area contributed by atoms with Crippen molar-refractivity contribution in [3.8, 4) is 17.0 Å². The van der Waals surface area contributed by atoms with E-state index in [1.54, 1.807) is 55.4 Å². The van der Waals surface area contributed by atoms with Crippen molar-refractivity contribution in [2.75, 3.05) is 66.3 Å². The number of carbonyl (C=O) groups excluding carboxylic acids is 5. The van der Waals surface area contributed by atoms with Crippen molar-refractivity contribution in [1.29, 1.82) is 0 Å². The molecule has 2 atom stereocenters. The van der Waals surface area contributed by atoms with Crippen LogP contribution in [0.2, 0.25) is 0 Å². The number of aromatic nitrogens is 4. The number of aliphatic hydroxyl groups is 1. The van der Waals surface area contributed by atoms with Crippen molar-refractivity contribution in [2.45, 2.75) is 103 Å². The number of pyridine rings is 3. The molecule has 5 aliphatic heterocycles. The van der Waals surface area contributed by atoms with Crippen LogP contribution in [-0.2, 0) is 34.6 Å². The molecule has 5 aromatic rings. The predicted octanol–water partition coefficient (Wildman–Crippen LogP) is 5.69. The second kappa shape index (κ2) is 17.8. The summed E-state index contributed by atoms with van der Waals surface area (Å²) in [6.07, 6.45) is 8.69. The molecule has 1 unspecified atom stereocenters. The summed E-state index contributed by atoms with van der Waals surface area (Å²) in [6.45, 7) is 14.9. The number of hydrogen-bond donors (Lipinski definition) is 3. The third-order valence-corrected chi connectivity index (χ3v) is 15.5. The van der Waals surface area contributed by atoms with Crippen LogP contribution in [0.15, 0.2) is 67.1 Å². The fraction of sp³-hybridized carbons (Fsp3) is 0.444. The number of methoxy groups -OCH3 is 1. The Balaban J connectivity index is 0.754. The Bertz CT molecular complexity index is 3160. The minimum Gasteiger partial charge on any atom is -0.480 e. The maximum atomic E-state index is 14.3. The van der Waals surface area contributed by atoms with E-state index in [1.165, 1.54) is 17.5 Å². The summed E-state index contributed by atoms with van der Waals surface area (Å²) in [5.74, 6) is -1.66. The van der Waals surface area contributed by atoms with Gasteiger partial charge in [-0.3, -0.25) is 44.0 Å². The standard InChI is InChI=1S/C54H61N11O7/c1-31-30-61(34-14-17-60(18-15-34)35-7-9-38-39(25-35)51(69)65(50(38)68)41-10-12-45(66)59-48(41)67)19-20-62(31)36-8-11-44(56-29-36)58-40-23-33(28-57-49(40)72-6)37-13-16-55-47(46(37)54(4,5)71)64-22-21-63-42(52(64)70)24-32-26-53(2,3)27-43(32)63/h7-9,11,13,16,23-25,28-29,31,34,41,71H,10,12,14-15,17-22,26-27,30H2,1-6H3,(H,56,58)(H,59,66,67)/t31-,41?/m0/s1/i6D3. The van der Waals surface area contributed by atoms with E-state index in [1.807, 2.05) is 24.3 Å². The number of nitrogens with one attached hydrogen (secondary N) is 2. The molecule has 0 radical (unpaired) electrons. The average Bonchev–Trinajstić information content (AvgIpc) is 3.97. The summed E-state index contributed by atoms with van der Waals surface area (Å²) in [4.78, 5) is 88.9. The smallest absolute Gasteiger partial charge is 0.276 e. The molecule has 6 aliphatic rings. The predicted molar refractivity (Wildman–Crippen MR) is 271 cm³/mol. The van der Waals surface area contributed by atoms with Gasteiger partial charge < -0.3 is 29.5 Å². The lowest BCUT2D eigenvalue weighted by molar-refractivity contribution is -0.136. The highest BCUT2D eigenvalue weighted by Gasteiger charge is 2.45. The van der Waals surface area contributed by atoms with Gasteiger partial charge in [0.25, 0.3) is 17.7 Å². The Morgan fingerprint density at radius 1 is 0.833 bits per heavy atom. The maximum Gasteiger partial charge on any atom is 0.276 e. The van der Waals surface area contributed by atoms with Crippen LogP contribution in [0.4, 0.5) is 28.7 Å². The van der Waals surface area contributed by atoms with Crippen LogP contribution in [0, 0.1) is 5.41 Å². The van der Waals surface area contributed by atoms with Crippen LogP contribution in [0.5, 0.6) is 5.88 Å². The first-order valence-electron chi connectivity index (χ1n) is 26.4. The first-order valence-corrected chi connectivity index (χ1v) is 24.9. The number of hydrogen-bond acceptors (Lipinski definition) is 14. The van der Waals surface area contributed by atoms with Gasteiger partial charge >= 0.3 is 0 Å². The summed E-state index contributed by atoms with van der Waals surface area (Å²) in [7, 11) is -2.81. The number of amides is 5. The van der Waals surface area contributed by atoms with Gasteiger partial charge in [0, 0.05) is 99.2 Å². The topological polar surface area (TPSA) is 199 Å². The minimum atomic E-state index is -2.81. The number of fused-ring (bicyclic) bond motifs is 4. The number of carbonyl (C=O) groups is 5. The van der Waals surface area contributed by atoms with E-state index in [0.717, 1.165) is 74.7 Å². The molecular formula is C54H61N11O7. The van der Waals surface area contributed by atoms with E-state index in [-0.39, 0.29) is 52.9 Å². The summed E-state index contributed by atoms with van der Waals surface area (Å²) in [5, 5.41) is 17.3. The fourth-order valence-electron chi connectivity index (χ4n) is 12.0. The largest absolute Gasteiger partial charge is 0.480 e. The van der Waals surface area contributed by atoms with Gasteiger partial charge in [-0.25, -0.2) is 15.0 Å². The number of imide groups is 2. The molecule has 18 nitrogen and oxygen atoms in total. The molecule has 3 saturated heterocycles. The summed E-state index contributed by atoms with van der Waals surface area (Å²) in [5.41, 5.74) is 5.76. The van der Waals surface area contributed by atoms with E-state index in [0.29, 0.717) is 53.2 Å². The molecule has 11 rings (SSSR count). The molecule has 3 fully saturated rings. The first kappa shape index (κ1) is 43.6. The van der Waals surface area contributed by atoms with Gasteiger partial charge in [-0.1, -0.05) is 13.8 Å². The van der Waals surface area contributed by atoms with Crippen molar-refractivity contribution in [1.82, 2.24) is 34.6 Å². The van der Waals surface area contributed by atoms with Crippen LogP contribution < -0.4 is 30.1 Å². The highest BCUT2D eigenvalue weighted by molar-refractivity contribution is 6.23. The quantitative estimate of drug-likeness (QED) is 0.144. The molecule has 0 bridgehead atoms. The van der Waals surface area contributed by atoms with Gasteiger partial charge in [0.05, 0.1) is 39.8 Å². The van der Waals surface area contributed by atoms with Gasteiger partial charge in [0.1, 0.15) is 29.1 Å². The van der Waals surface area contributed by atoms with Gasteiger partial charge in [0.15, 0.2) is 0 Å². The Morgan fingerprint density at radius 3 is 2.36 bits per heavy atom. The Morgan fingerprint density at radius 2 is 1.62 bits per heavy atom. The van der Waals surface area contributed by atoms with E-state index in [2.05, 4.69) is 55.7 Å². The normalized spacial score (nSPS) is 22.3. The van der Waals surface area contributed by atoms with Crippen molar-refractivity contribution >= 4 is 58.2 Å². The van der Waals surface area contributed by atoms with E-state index < -0.39 is 42.3 Å². The highest BCUT2D eigenvalue weighted by atomic mass is 16.5. The second-order valence-corrected chi connectivity index (χ2v) is 21.4. The van der Waals surface area contributed by atoms with E-state index in [4.69, 9.17) is 18.8 Å². The van der Waals surface area contributed by atoms with Crippen LogP contribution in [-0.4, -0.2) is 128 Å². The van der Waals surface area contributed by atoms with Crippen LogP contribution in [0.25, 0.3) is 11.1 Å². The number of nitrogens with zero attached hydrogens (tertiary/aromatic N) is 9. The number of benzene rings is 1. The first-order chi connectivity index (χ1) is 35.6. The van der Waals surface area contributed by atoms with Gasteiger partial charge in [-0.15, -0.1) is 0 Å². The highest BCUT2D eigenvalue weighted by Crippen LogP contribution is 2.43. The molecule has 0 spiro atoms. The van der Waals surface area contributed by atoms with Gasteiger partial charge in [-0.2, -0.15) is 0 Å². The van der Waals surface area contributed by atoms with Crippen molar-refractivity contribution in [2.24, 2.45) is 5.41 Å². The molecule has 4 aromatic heterocycles. The zero-order valence-electron chi connectivity index (χ0n) is 44.2. The monoisotopic (exact) mass is 978 g/mol. The maximum absolute atomic E-state index is 14.3. The molecule has 18 heteroatoms. The lowest BCUT2D eigenvalue weighted by atomic mass is 9.89. The number of rotatable bonds is 10. The lowest BCUT2D eigenvalue weighted by Gasteiger charge is -2.46. The van der Waals surface area contributed by atoms with Crippen LogP contribution in [0.3, 0.4) is 0 Å². The summed E-state index contributed by atoms with van der Waals surface area (Å²) >= 11 is 0. The summed E-state index contributed by atoms with van der Waals surface area (Å²) < 4.78 is 31.2. The molecule has 1 aromatic carbocycles. The van der Waals surface area contributed by atoms with Crippen molar-refractivity contribution in [3.05, 3.63) is 101 Å². The molecule has 1 aliphatic carbocycles. The molecule has 5 amide bonds. The lowest BCUT2D eigenvalue weighted by Crippen LogP contribution is -2.57. The summed E-state index contributed by atoms with van der Waals surface area (Å²) in [6, 6.07) is 14.1. The molecule has 9 heterocycles. The number of ether oxygens (including phenoxy) is 1. The molecule has 72 heavy (non-hydrogen) atoms. The van der Waals surface area contributed by atoms with Crippen LogP contribution in [0.1, 0.15) is 112 Å². The molecule has 3 N–H and O–H groups in total. The van der Waals surface area contributed by atoms with E-state index in [9.17, 15) is 29.1 Å². The van der Waals surface area contributed by atoms with Crippen LogP contribution >= 0.6 is 0 Å². The second-order valence-electron chi connectivity index (χ2n) is 21.4. The molecule has 0 saturated carbocycles. The van der Waals surface area contributed by atoms with Gasteiger partial charge in [-0.05, 0) is 118 Å². The van der Waals surface area contributed by atoms with Crippen molar-refractivity contribution in [3.63, 3.8) is 0 Å². The van der Waals surface area contributed by atoms with E-state index >= 15 is 0 Å². The third kappa shape index (κ3) is 8.32. The Kier molecular flexibility index (Phi) is 10.8. The van der Waals surface area contributed by atoms with Crippen molar-refractivity contribution < 1.29 is 37.9 Å². The fourth-order valence-corrected chi connectivity index (χ4v) is 12.0. The Labute approximate surface area is 422 Å². The number of anilines is 5. The third-order valence-electron chi connectivity index (χ3n) is 15.5. The zero-order valence-corrected chi connectivity index (χ0v) is 41.2. The number of piperazine rings is 1.